The van der Waals surface area contributed by atoms with Gasteiger partial charge in [0.2, 0.25) is 0 Å². The molecule has 1 aromatic heterocycles. The number of benzene rings is 1. The number of pyridine rings is 1. The number of anilines is 1. The molecule has 0 aliphatic rings. The van der Waals surface area contributed by atoms with E-state index >= 15 is 0 Å². The van der Waals surface area contributed by atoms with Gasteiger partial charge in [-0.1, -0.05) is 42.0 Å². The first kappa shape index (κ1) is 14.8. The van der Waals surface area contributed by atoms with Gasteiger partial charge in [-0.2, -0.15) is 0 Å². The maximum Gasteiger partial charge on any atom is 0.128 e. The van der Waals surface area contributed by atoms with Crippen molar-refractivity contribution in [2.45, 2.75) is 13.0 Å². The third kappa shape index (κ3) is 3.08. The first-order valence-electron chi connectivity index (χ1n) is 6.24. The molecule has 1 unspecified atom stereocenters. The van der Waals surface area contributed by atoms with Gasteiger partial charge in [-0.3, -0.25) is 0 Å². The van der Waals surface area contributed by atoms with Crippen molar-refractivity contribution in [2.75, 3.05) is 11.9 Å². The Morgan fingerprint density at radius 1 is 1.30 bits per heavy atom. The third-order valence-electron chi connectivity index (χ3n) is 3.33. The van der Waals surface area contributed by atoms with Gasteiger partial charge >= 0.3 is 0 Å². The van der Waals surface area contributed by atoms with Crippen LogP contribution in [0.4, 0.5) is 5.82 Å². The summed E-state index contributed by atoms with van der Waals surface area (Å²) in [7, 11) is 1.98. The Kier molecular flexibility index (Phi) is 4.57. The van der Waals surface area contributed by atoms with Crippen LogP contribution in [0, 0.1) is 0 Å². The summed E-state index contributed by atoms with van der Waals surface area (Å²) < 4.78 is 0. The maximum atomic E-state index is 6.24. The lowest BCUT2D eigenvalue weighted by Gasteiger charge is -2.27. The second kappa shape index (κ2) is 6.20. The van der Waals surface area contributed by atoms with Crippen molar-refractivity contribution in [3.63, 3.8) is 0 Å². The van der Waals surface area contributed by atoms with Gasteiger partial charge in [0.25, 0.3) is 0 Å². The number of aromatic nitrogens is 1. The molecule has 0 radical (unpaired) electrons. The fourth-order valence-corrected chi connectivity index (χ4v) is 2.38. The molecule has 1 aromatic carbocycles. The molecule has 2 N–H and O–H groups in total. The molecule has 0 saturated carbocycles. The molecule has 2 rings (SSSR count). The van der Waals surface area contributed by atoms with E-state index in [-0.39, 0.29) is 6.04 Å². The summed E-state index contributed by atoms with van der Waals surface area (Å²) in [5, 5.41) is 0.756. The Labute approximate surface area is 129 Å². The van der Waals surface area contributed by atoms with Crippen LogP contribution in [0.1, 0.15) is 24.1 Å². The SMILES string of the molecule is CC(c1ccccc1Cl)N(C)c1ccc(C(N)=S)cn1. The number of rotatable bonds is 4. The van der Waals surface area contributed by atoms with Crippen LogP contribution in [-0.2, 0) is 0 Å². The molecule has 1 heterocycles. The van der Waals surface area contributed by atoms with Crippen molar-refractivity contribution in [3.8, 4) is 0 Å². The molecule has 0 aliphatic carbocycles. The zero-order valence-electron chi connectivity index (χ0n) is 11.4. The quantitative estimate of drug-likeness (QED) is 0.877. The predicted molar refractivity (Wildman–Crippen MR) is 88.4 cm³/mol. The summed E-state index contributed by atoms with van der Waals surface area (Å²) in [6, 6.07) is 11.7. The van der Waals surface area contributed by atoms with Gasteiger partial charge in [-0.15, -0.1) is 0 Å². The molecule has 0 fully saturated rings. The van der Waals surface area contributed by atoms with E-state index in [1.165, 1.54) is 0 Å². The Morgan fingerprint density at radius 3 is 2.55 bits per heavy atom. The first-order chi connectivity index (χ1) is 9.50. The highest BCUT2D eigenvalue weighted by Gasteiger charge is 2.15. The smallest absolute Gasteiger partial charge is 0.128 e. The van der Waals surface area contributed by atoms with E-state index in [1.54, 1.807) is 6.20 Å². The molecule has 0 saturated heterocycles. The lowest BCUT2D eigenvalue weighted by Crippen LogP contribution is -2.23. The summed E-state index contributed by atoms with van der Waals surface area (Å²) in [5.41, 5.74) is 7.40. The number of hydrogen-bond acceptors (Lipinski definition) is 3. The topological polar surface area (TPSA) is 42.1 Å². The number of nitrogens with zero attached hydrogens (tertiary/aromatic N) is 2. The molecule has 2 aromatic rings. The van der Waals surface area contributed by atoms with E-state index in [4.69, 9.17) is 29.6 Å². The summed E-state index contributed by atoms with van der Waals surface area (Å²) in [5.74, 6) is 0.845. The van der Waals surface area contributed by atoms with Crippen LogP contribution < -0.4 is 10.6 Å². The fraction of sp³-hybridized carbons (Fsp3) is 0.200. The molecule has 0 bridgehead atoms. The largest absolute Gasteiger partial charge is 0.389 e. The van der Waals surface area contributed by atoms with E-state index < -0.39 is 0 Å². The number of hydrogen-bond donors (Lipinski definition) is 1. The number of halogens is 1. The molecule has 20 heavy (non-hydrogen) atoms. The lowest BCUT2D eigenvalue weighted by atomic mass is 10.1. The van der Waals surface area contributed by atoms with Gasteiger partial charge in [0, 0.05) is 23.8 Å². The van der Waals surface area contributed by atoms with Gasteiger partial charge in [-0.05, 0) is 30.7 Å². The van der Waals surface area contributed by atoms with Crippen LogP contribution in [0.25, 0.3) is 0 Å². The van der Waals surface area contributed by atoms with E-state index in [9.17, 15) is 0 Å². The highest BCUT2D eigenvalue weighted by molar-refractivity contribution is 7.80. The first-order valence-corrected chi connectivity index (χ1v) is 7.02. The molecular weight excluding hydrogens is 290 g/mol. The summed E-state index contributed by atoms with van der Waals surface area (Å²) in [6.45, 7) is 2.09. The monoisotopic (exact) mass is 305 g/mol. The van der Waals surface area contributed by atoms with E-state index in [0.717, 1.165) is 22.0 Å². The van der Waals surface area contributed by atoms with Crippen LogP contribution in [0.15, 0.2) is 42.6 Å². The van der Waals surface area contributed by atoms with E-state index in [2.05, 4.69) is 16.8 Å². The van der Waals surface area contributed by atoms with Gasteiger partial charge in [-0.25, -0.2) is 4.98 Å². The van der Waals surface area contributed by atoms with Crippen LogP contribution >= 0.6 is 23.8 Å². The van der Waals surface area contributed by atoms with Gasteiger partial charge < -0.3 is 10.6 Å². The Bertz CT molecular complexity index is 613. The van der Waals surface area contributed by atoms with Crippen LogP contribution in [0.2, 0.25) is 5.02 Å². The van der Waals surface area contributed by atoms with Crippen molar-refractivity contribution in [1.82, 2.24) is 4.98 Å². The van der Waals surface area contributed by atoms with Gasteiger partial charge in [0.1, 0.15) is 10.8 Å². The second-order valence-corrected chi connectivity index (χ2v) is 5.42. The van der Waals surface area contributed by atoms with Crippen LogP contribution in [0.5, 0.6) is 0 Å². The molecule has 0 amide bonds. The van der Waals surface area contributed by atoms with E-state index in [1.807, 2.05) is 43.4 Å². The van der Waals surface area contributed by atoms with Gasteiger partial charge in [0.05, 0.1) is 6.04 Å². The standard InChI is InChI=1S/C15H16ClN3S/c1-10(12-5-3-4-6-13(12)16)19(2)14-8-7-11(9-18-14)15(17)20/h3-10H,1-2H3,(H2,17,20). The molecule has 1 atom stereocenters. The summed E-state index contributed by atoms with van der Waals surface area (Å²) in [6.07, 6.45) is 1.69. The van der Waals surface area contributed by atoms with Crippen molar-refractivity contribution in [1.29, 1.82) is 0 Å². The van der Waals surface area contributed by atoms with Crippen LogP contribution in [-0.4, -0.2) is 17.0 Å². The van der Waals surface area contributed by atoms with Crippen molar-refractivity contribution in [2.24, 2.45) is 5.73 Å². The Balaban J connectivity index is 2.24. The Hall–Kier alpha value is -1.65. The fourth-order valence-electron chi connectivity index (χ4n) is 1.96. The average Bonchev–Trinajstić information content (AvgIpc) is 2.46. The maximum absolute atomic E-state index is 6.24. The second-order valence-electron chi connectivity index (χ2n) is 4.58. The zero-order valence-corrected chi connectivity index (χ0v) is 12.9. The molecule has 104 valence electrons. The minimum atomic E-state index is 0.117. The highest BCUT2D eigenvalue weighted by atomic mass is 35.5. The van der Waals surface area contributed by atoms with Gasteiger partial charge in [0.15, 0.2) is 0 Å². The molecule has 5 heteroatoms. The Morgan fingerprint density at radius 2 is 2.00 bits per heavy atom. The van der Waals surface area contributed by atoms with Crippen molar-refractivity contribution < 1.29 is 0 Å². The predicted octanol–water partition coefficient (Wildman–Crippen LogP) is 3.57. The molecular formula is C15H16ClN3S. The van der Waals surface area contributed by atoms with Crippen molar-refractivity contribution >= 4 is 34.6 Å². The van der Waals surface area contributed by atoms with Crippen LogP contribution in [0.3, 0.4) is 0 Å². The molecule has 0 aliphatic heterocycles. The summed E-state index contributed by atoms with van der Waals surface area (Å²) >= 11 is 11.2. The highest BCUT2D eigenvalue weighted by Crippen LogP contribution is 2.28. The molecule has 0 spiro atoms. The number of thiocarbonyl (C=S) groups is 1. The minimum Gasteiger partial charge on any atom is -0.389 e. The minimum absolute atomic E-state index is 0.117. The lowest BCUT2D eigenvalue weighted by molar-refractivity contribution is 0.729. The molecule has 3 nitrogen and oxygen atoms in total. The number of nitrogens with two attached hydrogens (primary N) is 1. The normalized spacial score (nSPS) is 11.9. The third-order valence-corrected chi connectivity index (χ3v) is 3.91. The average molecular weight is 306 g/mol. The summed E-state index contributed by atoms with van der Waals surface area (Å²) in [4.78, 5) is 6.80. The van der Waals surface area contributed by atoms with Crippen molar-refractivity contribution in [3.05, 3.63) is 58.7 Å². The zero-order chi connectivity index (χ0) is 14.7. The van der Waals surface area contributed by atoms with E-state index in [0.29, 0.717) is 4.99 Å².